The molecule has 0 aromatic carbocycles. The van der Waals surface area contributed by atoms with Gasteiger partial charge in [-0.05, 0) is 30.3 Å². The minimum absolute atomic E-state index is 0.166. The lowest BCUT2D eigenvalue weighted by Crippen LogP contribution is -2.41. The van der Waals surface area contributed by atoms with Gasteiger partial charge < -0.3 is 14.3 Å². The number of hydrogen-bond donors (Lipinski definition) is 1. The fraction of sp³-hybridized carbons (Fsp3) is 0.182. The number of hydrogen-bond acceptors (Lipinski definition) is 7. The summed E-state index contributed by atoms with van der Waals surface area (Å²) in [4.78, 5) is 26.5. The Morgan fingerprint density at radius 2 is 2.12 bits per heavy atom. The summed E-state index contributed by atoms with van der Waals surface area (Å²) in [6, 6.07) is 8.96. The Morgan fingerprint density at radius 1 is 1.21 bits per heavy atom. The number of imidazole rings is 1. The van der Waals surface area contributed by atoms with Crippen LogP contribution in [0.2, 0.25) is 0 Å². The van der Waals surface area contributed by atoms with Crippen LogP contribution in [0, 0.1) is 0 Å². The lowest BCUT2D eigenvalue weighted by atomic mass is 9.99. The van der Waals surface area contributed by atoms with E-state index >= 15 is 0 Å². The van der Waals surface area contributed by atoms with Crippen LogP contribution < -0.4 is 0 Å². The molecule has 0 radical (unpaired) electrons. The van der Waals surface area contributed by atoms with Gasteiger partial charge in [-0.2, -0.15) is 5.10 Å². The molecule has 1 atom stereocenters. The minimum atomic E-state index is -2.70. The first-order valence-corrected chi connectivity index (χ1v) is 10.4. The number of H-pyrrole nitrogens is 1. The summed E-state index contributed by atoms with van der Waals surface area (Å²) >= 11 is 0. The Hall–Kier alpha value is -4.48. The molecule has 0 aliphatic carbocycles. The molecule has 1 unspecified atom stereocenters. The van der Waals surface area contributed by atoms with Crippen LogP contribution in [0.15, 0.2) is 59.5 Å². The number of aromatic amines is 1. The van der Waals surface area contributed by atoms with Gasteiger partial charge in [-0.1, -0.05) is 6.07 Å². The summed E-state index contributed by atoms with van der Waals surface area (Å²) in [6.07, 6.45) is 2.53. The number of nitrogens with one attached hydrogen (secondary N) is 1. The molecule has 170 valence electrons. The van der Waals surface area contributed by atoms with E-state index in [1.54, 1.807) is 49.1 Å². The SMILES string of the molecule is O=C(c1nnc(-c2cccnc2)o1)N1CCc2[nH]cnc2C1c1cc2cccc(C(F)F)n2n1. The number of nitrogens with zero attached hydrogens (tertiary/aromatic N) is 7. The molecule has 1 amide bonds. The zero-order valence-corrected chi connectivity index (χ0v) is 17.5. The largest absolute Gasteiger partial charge is 0.412 e. The summed E-state index contributed by atoms with van der Waals surface area (Å²) in [5.41, 5.74) is 2.67. The molecule has 0 fully saturated rings. The van der Waals surface area contributed by atoms with Crippen molar-refractivity contribution >= 4 is 11.4 Å². The normalized spacial score (nSPS) is 15.7. The van der Waals surface area contributed by atoms with E-state index in [1.807, 2.05) is 0 Å². The first kappa shape index (κ1) is 20.1. The Balaban J connectivity index is 1.42. The zero-order chi connectivity index (χ0) is 23.2. The van der Waals surface area contributed by atoms with Gasteiger partial charge in [-0.3, -0.25) is 9.78 Å². The lowest BCUT2D eigenvalue weighted by Gasteiger charge is -2.32. The molecule has 34 heavy (non-hydrogen) atoms. The highest BCUT2D eigenvalue weighted by Gasteiger charge is 2.38. The summed E-state index contributed by atoms with van der Waals surface area (Å²) < 4.78 is 33.9. The van der Waals surface area contributed by atoms with Crippen molar-refractivity contribution in [3.8, 4) is 11.5 Å². The Labute approximate surface area is 190 Å². The fourth-order valence-corrected chi connectivity index (χ4v) is 4.19. The molecule has 1 N–H and O–H groups in total. The number of amides is 1. The number of aromatic nitrogens is 7. The van der Waals surface area contributed by atoms with Gasteiger partial charge in [0.25, 0.3) is 6.43 Å². The average Bonchev–Trinajstić information content (AvgIpc) is 3.62. The highest BCUT2D eigenvalue weighted by molar-refractivity contribution is 5.90. The molecule has 6 rings (SSSR count). The number of halogens is 2. The molecule has 0 spiro atoms. The Bertz CT molecular complexity index is 1490. The monoisotopic (exact) mass is 462 g/mol. The third-order valence-corrected chi connectivity index (χ3v) is 5.74. The standard InChI is InChI=1S/C22H16F2N8O2/c23-19(24)16-5-1-4-13-9-15(30-32(13)16)18-17-14(26-11-27-17)6-8-31(18)22(33)21-29-28-20(34-21)12-3-2-7-25-10-12/h1-5,7,9-11,18-19H,6,8H2,(H,26,27). The second kappa shape index (κ2) is 7.83. The van der Waals surface area contributed by atoms with Gasteiger partial charge in [0.05, 0.1) is 28.8 Å². The average molecular weight is 462 g/mol. The van der Waals surface area contributed by atoms with E-state index in [-0.39, 0.29) is 17.5 Å². The molecule has 0 bridgehead atoms. The van der Waals surface area contributed by atoms with Gasteiger partial charge in [-0.15, -0.1) is 10.2 Å². The summed E-state index contributed by atoms with van der Waals surface area (Å²) in [6.45, 7) is 0.318. The fourth-order valence-electron chi connectivity index (χ4n) is 4.19. The van der Waals surface area contributed by atoms with Gasteiger partial charge in [0.15, 0.2) is 0 Å². The highest BCUT2D eigenvalue weighted by Crippen LogP contribution is 2.35. The summed E-state index contributed by atoms with van der Waals surface area (Å²) in [5, 5.41) is 12.3. The molecule has 0 saturated carbocycles. The van der Waals surface area contributed by atoms with E-state index in [9.17, 15) is 13.6 Å². The maximum atomic E-state index is 13.5. The number of carbonyl (C=O) groups excluding carboxylic acids is 1. The molecular formula is C22H16F2N8O2. The molecule has 5 aromatic heterocycles. The smallest absolute Gasteiger partial charge is 0.312 e. The van der Waals surface area contributed by atoms with Crippen molar-refractivity contribution in [1.29, 1.82) is 0 Å². The second-order valence-corrected chi connectivity index (χ2v) is 7.73. The quantitative estimate of drug-likeness (QED) is 0.436. The van der Waals surface area contributed by atoms with Crippen LogP contribution in [0.3, 0.4) is 0 Å². The molecule has 12 heteroatoms. The third kappa shape index (κ3) is 3.22. The van der Waals surface area contributed by atoms with Gasteiger partial charge in [-0.25, -0.2) is 18.3 Å². The molecule has 0 saturated heterocycles. The summed E-state index contributed by atoms with van der Waals surface area (Å²) in [7, 11) is 0. The Morgan fingerprint density at radius 3 is 2.94 bits per heavy atom. The maximum Gasteiger partial charge on any atom is 0.312 e. The van der Waals surface area contributed by atoms with Crippen LogP contribution in [0.4, 0.5) is 8.78 Å². The van der Waals surface area contributed by atoms with Gasteiger partial charge in [0.1, 0.15) is 11.7 Å². The summed E-state index contributed by atoms with van der Waals surface area (Å²) in [5.74, 6) is -0.535. The zero-order valence-electron chi connectivity index (χ0n) is 17.5. The van der Waals surface area contributed by atoms with Gasteiger partial charge >= 0.3 is 11.8 Å². The van der Waals surface area contributed by atoms with Crippen molar-refractivity contribution in [2.75, 3.05) is 6.54 Å². The minimum Gasteiger partial charge on any atom is -0.412 e. The maximum absolute atomic E-state index is 13.5. The van der Waals surface area contributed by atoms with Gasteiger partial charge in [0.2, 0.25) is 5.89 Å². The first-order chi connectivity index (χ1) is 16.6. The van der Waals surface area contributed by atoms with Crippen molar-refractivity contribution in [3.05, 3.63) is 83.8 Å². The van der Waals surface area contributed by atoms with E-state index in [0.717, 1.165) is 5.69 Å². The van der Waals surface area contributed by atoms with Crippen LogP contribution in [0.1, 0.15) is 45.9 Å². The van der Waals surface area contributed by atoms with E-state index < -0.39 is 18.4 Å². The number of carbonyl (C=O) groups is 1. The first-order valence-electron chi connectivity index (χ1n) is 10.4. The van der Waals surface area contributed by atoms with E-state index in [0.29, 0.717) is 35.4 Å². The molecule has 1 aliphatic heterocycles. The van der Waals surface area contributed by atoms with Crippen LogP contribution >= 0.6 is 0 Å². The van der Waals surface area contributed by atoms with Crippen LogP contribution in [0.5, 0.6) is 0 Å². The molecule has 5 aromatic rings. The van der Waals surface area contributed by atoms with Crippen molar-refractivity contribution in [2.24, 2.45) is 0 Å². The predicted molar refractivity (Wildman–Crippen MR) is 113 cm³/mol. The van der Waals surface area contributed by atoms with E-state index in [4.69, 9.17) is 4.42 Å². The molecule has 6 heterocycles. The third-order valence-electron chi connectivity index (χ3n) is 5.74. The van der Waals surface area contributed by atoms with Crippen LogP contribution in [0.25, 0.3) is 17.0 Å². The Kier molecular flexibility index (Phi) is 4.64. The highest BCUT2D eigenvalue weighted by atomic mass is 19.3. The lowest BCUT2D eigenvalue weighted by molar-refractivity contribution is 0.0646. The number of fused-ring (bicyclic) bond motifs is 2. The molecule has 10 nitrogen and oxygen atoms in total. The van der Waals surface area contributed by atoms with Crippen molar-refractivity contribution in [1.82, 2.24) is 39.7 Å². The van der Waals surface area contributed by atoms with Crippen molar-refractivity contribution in [3.63, 3.8) is 0 Å². The van der Waals surface area contributed by atoms with Crippen molar-refractivity contribution < 1.29 is 18.0 Å². The van der Waals surface area contributed by atoms with Crippen LogP contribution in [-0.4, -0.2) is 52.1 Å². The number of alkyl halides is 2. The molecule has 1 aliphatic rings. The second-order valence-electron chi connectivity index (χ2n) is 7.73. The van der Waals surface area contributed by atoms with Crippen LogP contribution in [-0.2, 0) is 6.42 Å². The number of rotatable bonds is 4. The van der Waals surface area contributed by atoms with Crippen molar-refractivity contribution in [2.45, 2.75) is 18.9 Å². The molecular weight excluding hydrogens is 446 g/mol. The van der Waals surface area contributed by atoms with E-state index in [2.05, 4.69) is 30.2 Å². The number of pyridine rings is 2. The topological polar surface area (TPSA) is 118 Å². The predicted octanol–water partition coefficient (Wildman–Crippen LogP) is 3.23. The van der Waals surface area contributed by atoms with E-state index in [1.165, 1.54) is 15.5 Å². The van der Waals surface area contributed by atoms with Gasteiger partial charge in [0, 0.05) is 31.1 Å².